The zero-order valence-electron chi connectivity index (χ0n) is 18.9. The normalized spacial score (nSPS) is 17.3. The van der Waals surface area contributed by atoms with Crippen LogP contribution < -0.4 is 10.1 Å². The minimum Gasteiger partial charge on any atom is -0.497 e. The number of carboxylic acids is 1. The average Bonchev–Trinajstić information content (AvgIpc) is 3.50. The number of nitrogens with zero attached hydrogens (tertiary/aromatic N) is 2. The van der Waals surface area contributed by atoms with E-state index in [1.807, 2.05) is 48.5 Å². The van der Waals surface area contributed by atoms with Gasteiger partial charge in [0, 0.05) is 18.3 Å². The summed E-state index contributed by atoms with van der Waals surface area (Å²) in [6.07, 6.45) is 1.75. The number of carbonyl (C=O) groups is 1. The number of hydrogen-bond acceptors (Lipinski definition) is 5. The van der Waals surface area contributed by atoms with E-state index in [2.05, 4.69) is 15.2 Å². The van der Waals surface area contributed by atoms with Crippen molar-refractivity contribution in [2.45, 2.75) is 18.6 Å². The molecular formula is C27H23N3O4S. The Morgan fingerprint density at radius 2 is 1.86 bits per heavy atom. The first-order valence-electron chi connectivity index (χ1n) is 11.1. The van der Waals surface area contributed by atoms with Gasteiger partial charge >= 0.3 is 5.97 Å². The quantitative estimate of drug-likeness (QED) is 0.345. The van der Waals surface area contributed by atoms with E-state index in [0.29, 0.717) is 28.7 Å². The Hall–Kier alpha value is -4.17. The molecule has 0 unspecified atom stereocenters. The van der Waals surface area contributed by atoms with Crippen LogP contribution in [0, 0.1) is 0 Å². The van der Waals surface area contributed by atoms with Crippen LogP contribution in [0.4, 0.5) is 0 Å². The second-order valence-electron chi connectivity index (χ2n) is 8.16. The van der Waals surface area contributed by atoms with Gasteiger partial charge in [0.2, 0.25) is 0 Å². The molecule has 1 saturated heterocycles. The van der Waals surface area contributed by atoms with Crippen LogP contribution in [0.5, 0.6) is 5.75 Å². The Bertz CT molecular complexity index is 1350. The summed E-state index contributed by atoms with van der Waals surface area (Å²) in [5.74, 6) is 0.929. The number of pyridine rings is 1. The zero-order chi connectivity index (χ0) is 24.4. The lowest BCUT2D eigenvalue weighted by atomic mass is 10.0. The number of thiocarbonyl (C=S) groups is 1. The maximum atomic E-state index is 11.7. The fraction of sp³-hybridized carbons (Fsp3) is 0.148. The molecule has 0 amide bonds. The van der Waals surface area contributed by atoms with Crippen LogP contribution in [0.2, 0.25) is 0 Å². The molecule has 5 rings (SSSR count). The molecule has 1 fully saturated rings. The third-order valence-corrected chi connectivity index (χ3v) is 6.40. The monoisotopic (exact) mass is 485 g/mol. The molecule has 0 bridgehead atoms. The zero-order valence-corrected chi connectivity index (χ0v) is 19.7. The third kappa shape index (κ3) is 4.48. The van der Waals surface area contributed by atoms with Gasteiger partial charge in [0.15, 0.2) is 5.11 Å². The summed E-state index contributed by atoms with van der Waals surface area (Å²) in [5, 5.41) is 13.6. The molecule has 0 aliphatic carbocycles. The Labute approximate surface area is 208 Å². The molecule has 0 spiro atoms. The van der Waals surface area contributed by atoms with Crippen LogP contribution in [-0.2, 0) is 6.54 Å². The van der Waals surface area contributed by atoms with Crippen LogP contribution in [0.3, 0.4) is 0 Å². The van der Waals surface area contributed by atoms with Crippen LogP contribution in [0.15, 0.2) is 89.5 Å². The summed E-state index contributed by atoms with van der Waals surface area (Å²) in [6, 6.07) is 23.6. The molecule has 2 aromatic heterocycles. The standard InChI is InChI=1S/C27H23N3O4S/c1-33-18-11-9-17(10-12-18)16-30-25(24(29-27(30)35)21-8-4-5-15-28-21)23-14-13-22(34-23)19-6-2-3-7-20(19)26(31)32/h2-15,24-25H,16H2,1H3,(H,29,35)(H,31,32)/t24-,25+/m1/s1. The van der Waals surface area contributed by atoms with Gasteiger partial charge in [-0.2, -0.15) is 0 Å². The Morgan fingerprint density at radius 3 is 2.57 bits per heavy atom. The SMILES string of the molecule is COc1ccc(CN2C(=S)N[C@H](c3ccccn3)[C@@H]2c2ccc(-c3ccccc3C(=O)O)o2)cc1. The number of aromatic carboxylic acids is 1. The van der Waals surface area contributed by atoms with E-state index >= 15 is 0 Å². The minimum absolute atomic E-state index is 0.185. The number of carboxylic acid groups (broad SMARTS) is 1. The van der Waals surface area contributed by atoms with Gasteiger partial charge in [0.1, 0.15) is 23.3 Å². The Kier molecular flexibility index (Phi) is 6.20. The number of nitrogens with one attached hydrogen (secondary N) is 1. The smallest absolute Gasteiger partial charge is 0.336 e. The minimum atomic E-state index is -1.00. The molecule has 2 N–H and O–H groups in total. The van der Waals surface area contributed by atoms with E-state index in [-0.39, 0.29) is 17.6 Å². The highest BCUT2D eigenvalue weighted by Gasteiger charge is 2.41. The maximum absolute atomic E-state index is 11.7. The van der Waals surface area contributed by atoms with Gasteiger partial charge in [0.25, 0.3) is 0 Å². The third-order valence-electron chi connectivity index (χ3n) is 6.05. The van der Waals surface area contributed by atoms with Crippen molar-refractivity contribution in [3.8, 4) is 17.1 Å². The van der Waals surface area contributed by atoms with Gasteiger partial charge in [-0.15, -0.1) is 0 Å². The van der Waals surface area contributed by atoms with Crippen LogP contribution in [0.1, 0.15) is 39.5 Å². The van der Waals surface area contributed by atoms with Crippen LogP contribution in [-0.4, -0.2) is 33.2 Å². The van der Waals surface area contributed by atoms with E-state index in [0.717, 1.165) is 17.0 Å². The molecule has 2 atom stereocenters. The molecule has 0 saturated carbocycles. The molecule has 3 heterocycles. The van der Waals surface area contributed by atoms with Crippen molar-refractivity contribution in [3.05, 3.63) is 108 Å². The molecule has 4 aromatic rings. The Balaban J connectivity index is 1.54. The average molecular weight is 486 g/mol. The fourth-order valence-corrected chi connectivity index (χ4v) is 4.66. The number of methoxy groups -OCH3 is 1. The van der Waals surface area contributed by atoms with Crippen molar-refractivity contribution in [2.75, 3.05) is 7.11 Å². The molecule has 7 nitrogen and oxygen atoms in total. The van der Waals surface area contributed by atoms with Gasteiger partial charge in [-0.3, -0.25) is 4.98 Å². The first-order valence-corrected chi connectivity index (χ1v) is 11.5. The number of rotatable bonds is 7. The molecule has 176 valence electrons. The molecule has 1 aliphatic heterocycles. The second-order valence-corrected chi connectivity index (χ2v) is 8.54. The lowest BCUT2D eigenvalue weighted by molar-refractivity contribution is 0.0697. The van der Waals surface area contributed by atoms with Gasteiger partial charge in [-0.05, 0) is 60.2 Å². The number of hydrogen-bond donors (Lipinski definition) is 2. The first kappa shape index (κ1) is 22.6. The highest BCUT2D eigenvalue weighted by molar-refractivity contribution is 7.80. The van der Waals surface area contributed by atoms with Crippen LogP contribution in [0.25, 0.3) is 11.3 Å². The summed E-state index contributed by atoms with van der Waals surface area (Å²) >= 11 is 5.74. The van der Waals surface area contributed by atoms with E-state index < -0.39 is 5.97 Å². The predicted octanol–water partition coefficient (Wildman–Crippen LogP) is 5.22. The van der Waals surface area contributed by atoms with Gasteiger partial charge < -0.3 is 24.5 Å². The van der Waals surface area contributed by atoms with Gasteiger partial charge in [0.05, 0.1) is 24.4 Å². The van der Waals surface area contributed by atoms with Crippen molar-refractivity contribution in [1.29, 1.82) is 0 Å². The Morgan fingerprint density at radius 1 is 1.09 bits per heavy atom. The lowest BCUT2D eigenvalue weighted by Crippen LogP contribution is -2.29. The molecule has 35 heavy (non-hydrogen) atoms. The van der Waals surface area contributed by atoms with Gasteiger partial charge in [-0.25, -0.2) is 4.79 Å². The summed E-state index contributed by atoms with van der Waals surface area (Å²) in [4.78, 5) is 18.4. The van der Waals surface area contributed by atoms with E-state index in [1.54, 1.807) is 43.6 Å². The molecule has 0 radical (unpaired) electrons. The maximum Gasteiger partial charge on any atom is 0.336 e. The highest BCUT2D eigenvalue weighted by atomic mass is 32.1. The largest absolute Gasteiger partial charge is 0.497 e. The number of aromatic nitrogens is 1. The molecule has 2 aromatic carbocycles. The summed E-state index contributed by atoms with van der Waals surface area (Å²) < 4.78 is 11.6. The van der Waals surface area contributed by atoms with Crippen LogP contribution >= 0.6 is 12.2 Å². The van der Waals surface area contributed by atoms with E-state index in [9.17, 15) is 9.90 Å². The van der Waals surface area contributed by atoms with Crippen molar-refractivity contribution >= 4 is 23.3 Å². The molecule has 8 heteroatoms. The summed E-state index contributed by atoms with van der Waals surface area (Å²) in [7, 11) is 1.64. The van der Waals surface area contributed by atoms with E-state index in [1.165, 1.54) is 0 Å². The molecular weight excluding hydrogens is 462 g/mol. The van der Waals surface area contributed by atoms with Crippen molar-refractivity contribution < 1.29 is 19.1 Å². The number of furan rings is 1. The topological polar surface area (TPSA) is 87.8 Å². The van der Waals surface area contributed by atoms with Crippen molar-refractivity contribution in [1.82, 2.24) is 15.2 Å². The number of ether oxygens (including phenoxy) is 1. The summed E-state index contributed by atoms with van der Waals surface area (Å²) in [5.41, 5.74) is 2.60. The lowest BCUT2D eigenvalue weighted by Gasteiger charge is -2.26. The van der Waals surface area contributed by atoms with E-state index in [4.69, 9.17) is 21.4 Å². The van der Waals surface area contributed by atoms with Crippen molar-refractivity contribution in [2.24, 2.45) is 0 Å². The van der Waals surface area contributed by atoms with Gasteiger partial charge in [-0.1, -0.05) is 36.4 Å². The highest BCUT2D eigenvalue weighted by Crippen LogP contribution is 2.41. The number of benzene rings is 2. The first-order chi connectivity index (χ1) is 17.0. The predicted molar refractivity (Wildman–Crippen MR) is 135 cm³/mol. The fourth-order valence-electron chi connectivity index (χ4n) is 4.35. The summed E-state index contributed by atoms with van der Waals surface area (Å²) in [6.45, 7) is 0.547. The second kappa shape index (κ2) is 9.60. The van der Waals surface area contributed by atoms with Crippen molar-refractivity contribution in [3.63, 3.8) is 0 Å². The molecule has 1 aliphatic rings.